The van der Waals surface area contributed by atoms with Crippen LogP contribution in [0, 0.1) is 6.92 Å². The normalized spacial score (nSPS) is 10.8. The first-order valence-corrected chi connectivity index (χ1v) is 6.68. The van der Waals surface area contributed by atoms with Crippen LogP contribution in [0.1, 0.15) is 30.9 Å². The maximum Gasteiger partial charge on any atom is 0.146 e. The molecule has 0 aliphatic heterocycles. The first kappa shape index (κ1) is 13.8. The largest absolute Gasteiger partial charge is 0.456 e. The number of rotatable bonds is 3. The van der Waals surface area contributed by atoms with Gasteiger partial charge in [-0.05, 0) is 54.3 Å². The molecule has 0 atom stereocenters. The van der Waals surface area contributed by atoms with Gasteiger partial charge in [-0.3, -0.25) is 0 Å². The van der Waals surface area contributed by atoms with Gasteiger partial charge < -0.3 is 10.5 Å². The van der Waals surface area contributed by atoms with Crippen LogP contribution in [0.2, 0.25) is 5.02 Å². The van der Waals surface area contributed by atoms with E-state index >= 15 is 0 Å². The molecule has 0 aliphatic carbocycles. The second kappa shape index (κ2) is 5.54. The zero-order chi connectivity index (χ0) is 14.0. The van der Waals surface area contributed by atoms with E-state index in [4.69, 9.17) is 22.1 Å². The van der Waals surface area contributed by atoms with Crippen LogP contribution in [0.5, 0.6) is 11.5 Å². The predicted molar refractivity (Wildman–Crippen MR) is 81.2 cm³/mol. The summed E-state index contributed by atoms with van der Waals surface area (Å²) in [4.78, 5) is 0. The molecule has 100 valence electrons. The Hall–Kier alpha value is -1.67. The number of benzene rings is 2. The molecule has 0 amide bonds. The number of hydrogen-bond acceptors (Lipinski definition) is 2. The molecule has 0 spiro atoms. The van der Waals surface area contributed by atoms with Crippen molar-refractivity contribution in [2.75, 3.05) is 5.73 Å². The topological polar surface area (TPSA) is 35.2 Å². The molecule has 2 N–H and O–H groups in total. The smallest absolute Gasteiger partial charge is 0.146 e. The highest BCUT2D eigenvalue weighted by atomic mass is 35.5. The lowest BCUT2D eigenvalue weighted by molar-refractivity contribution is 0.482. The van der Waals surface area contributed by atoms with Gasteiger partial charge in [0.2, 0.25) is 0 Å². The molecule has 0 saturated carbocycles. The summed E-state index contributed by atoms with van der Waals surface area (Å²) in [6.07, 6.45) is 0. The fourth-order valence-corrected chi connectivity index (χ4v) is 2.31. The zero-order valence-electron chi connectivity index (χ0n) is 11.4. The summed E-state index contributed by atoms with van der Waals surface area (Å²) in [5.41, 5.74) is 8.84. The van der Waals surface area contributed by atoms with Gasteiger partial charge in [0.25, 0.3) is 0 Å². The predicted octanol–water partition coefficient (Wildman–Crippen LogP) is 5.15. The van der Waals surface area contributed by atoms with Crippen LogP contribution >= 0.6 is 11.6 Å². The van der Waals surface area contributed by atoms with Crippen molar-refractivity contribution < 1.29 is 4.74 Å². The lowest BCUT2D eigenvalue weighted by Crippen LogP contribution is -1.93. The van der Waals surface area contributed by atoms with E-state index in [-0.39, 0.29) is 0 Å². The SMILES string of the molecule is Cc1cc(Oc2ccc(N)cc2Cl)ccc1C(C)C. The Morgan fingerprint density at radius 3 is 2.42 bits per heavy atom. The van der Waals surface area contributed by atoms with Gasteiger partial charge in [-0.2, -0.15) is 0 Å². The van der Waals surface area contributed by atoms with Gasteiger partial charge in [0.1, 0.15) is 11.5 Å². The molecule has 0 aromatic heterocycles. The summed E-state index contributed by atoms with van der Waals surface area (Å²) in [6, 6.07) is 11.3. The van der Waals surface area contributed by atoms with Crippen molar-refractivity contribution in [3.63, 3.8) is 0 Å². The Labute approximate surface area is 119 Å². The van der Waals surface area contributed by atoms with Crippen molar-refractivity contribution in [3.05, 3.63) is 52.5 Å². The molecule has 0 saturated heterocycles. The monoisotopic (exact) mass is 275 g/mol. The quantitative estimate of drug-likeness (QED) is 0.787. The first-order chi connectivity index (χ1) is 8.97. The van der Waals surface area contributed by atoms with Gasteiger partial charge in [-0.1, -0.05) is 31.5 Å². The van der Waals surface area contributed by atoms with Gasteiger partial charge in [0, 0.05) is 5.69 Å². The molecule has 0 aliphatic rings. The van der Waals surface area contributed by atoms with Crippen LogP contribution in [0.3, 0.4) is 0 Å². The van der Waals surface area contributed by atoms with E-state index in [1.54, 1.807) is 18.2 Å². The standard InChI is InChI=1S/C16H18ClNO/c1-10(2)14-6-5-13(8-11(14)3)19-16-7-4-12(18)9-15(16)17/h4-10H,18H2,1-3H3. The molecule has 0 bridgehead atoms. The molecule has 0 heterocycles. The van der Waals surface area contributed by atoms with Crippen LogP contribution in [0.25, 0.3) is 0 Å². The fraction of sp³-hybridized carbons (Fsp3) is 0.250. The number of nitrogens with two attached hydrogens (primary N) is 1. The summed E-state index contributed by atoms with van der Waals surface area (Å²) in [6.45, 7) is 6.45. The van der Waals surface area contributed by atoms with Crippen molar-refractivity contribution in [1.29, 1.82) is 0 Å². The molecular weight excluding hydrogens is 258 g/mol. The second-order valence-corrected chi connectivity index (χ2v) is 5.37. The van der Waals surface area contributed by atoms with E-state index in [1.807, 2.05) is 12.1 Å². The van der Waals surface area contributed by atoms with Gasteiger partial charge in [0.15, 0.2) is 0 Å². The Balaban J connectivity index is 2.26. The van der Waals surface area contributed by atoms with Crippen LogP contribution < -0.4 is 10.5 Å². The molecule has 2 aromatic carbocycles. The van der Waals surface area contributed by atoms with Crippen LogP contribution in [0.4, 0.5) is 5.69 Å². The number of ether oxygens (including phenoxy) is 1. The number of halogens is 1. The van der Waals surface area contributed by atoms with Crippen molar-refractivity contribution >= 4 is 17.3 Å². The van der Waals surface area contributed by atoms with E-state index in [0.29, 0.717) is 22.4 Å². The third-order valence-corrected chi connectivity index (χ3v) is 3.34. The van der Waals surface area contributed by atoms with Gasteiger partial charge >= 0.3 is 0 Å². The van der Waals surface area contributed by atoms with Gasteiger partial charge in [-0.25, -0.2) is 0 Å². The molecule has 19 heavy (non-hydrogen) atoms. The molecular formula is C16H18ClNO. The van der Waals surface area contributed by atoms with Gasteiger partial charge in [0.05, 0.1) is 5.02 Å². The van der Waals surface area contributed by atoms with Crippen molar-refractivity contribution in [1.82, 2.24) is 0 Å². The highest BCUT2D eigenvalue weighted by Gasteiger charge is 2.07. The molecule has 0 unspecified atom stereocenters. The van der Waals surface area contributed by atoms with Crippen molar-refractivity contribution in [3.8, 4) is 11.5 Å². The van der Waals surface area contributed by atoms with Crippen LogP contribution in [0.15, 0.2) is 36.4 Å². The molecule has 3 heteroatoms. The third-order valence-electron chi connectivity index (χ3n) is 3.05. The van der Waals surface area contributed by atoms with E-state index in [0.717, 1.165) is 5.75 Å². The van der Waals surface area contributed by atoms with Gasteiger partial charge in [-0.15, -0.1) is 0 Å². The first-order valence-electron chi connectivity index (χ1n) is 6.31. The number of aryl methyl sites for hydroxylation is 1. The Kier molecular flexibility index (Phi) is 4.01. The maximum absolute atomic E-state index is 6.10. The van der Waals surface area contributed by atoms with E-state index < -0.39 is 0 Å². The summed E-state index contributed by atoms with van der Waals surface area (Å²) < 4.78 is 5.79. The molecule has 0 radical (unpaired) electrons. The van der Waals surface area contributed by atoms with E-state index in [2.05, 4.69) is 26.8 Å². The number of hydrogen-bond donors (Lipinski definition) is 1. The summed E-state index contributed by atoms with van der Waals surface area (Å²) in [5, 5.41) is 0.519. The zero-order valence-corrected chi connectivity index (χ0v) is 12.2. The van der Waals surface area contributed by atoms with E-state index in [1.165, 1.54) is 11.1 Å². The highest BCUT2D eigenvalue weighted by Crippen LogP contribution is 2.32. The van der Waals surface area contributed by atoms with Crippen LogP contribution in [-0.4, -0.2) is 0 Å². The molecule has 0 fully saturated rings. The number of nitrogen functional groups attached to an aromatic ring is 1. The lowest BCUT2D eigenvalue weighted by Gasteiger charge is -2.13. The average Bonchev–Trinajstić information content (AvgIpc) is 2.32. The summed E-state index contributed by atoms with van der Waals surface area (Å²) in [7, 11) is 0. The minimum Gasteiger partial charge on any atom is -0.456 e. The van der Waals surface area contributed by atoms with E-state index in [9.17, 15) is 0 Å². The van der Waals surface area contributed by atoms with Crippen molar-refractivity contribution in [2.24, 2.45) is 0 Å². The Morgan fingerprint density at radius 1 is 1.11 bits per heavy atom. The van der Waals surface area contributed by atoms with Crippen LogP contribution in [-0.2, 0) is 0 Å². The minimum atomic E-state index is 0.508. The number of anilines is 1. The molecule has 2 rings (SSSR count). The lowest BCUT2D eigenvalue weighted by atomic mass is 9.98. The molecule has 2 aromatic rings. The minimum absolute atomic E-state index is 0.508. The third kappa shape index (κ3) is 3.21. The fourth-order valence-electron chi connectivity index (χ4n) is 2.09. The summed E-state index contributed by atoms with van der Waals surface area (Å²) in [5.74, 6) is 1.91. The molecule has 2 nitrogen and oxygen atoms in total. The Morgan fingerprint density at radius 2 is 1.84 bits per heavy atom. The average molecular weight is 276 g/mol. The Bertz CT molecular complexity index is 593. The van der Waals surface area contributed by atoms with Crippen molar-refractivity contribution in [2.45, 2.75) is 26.7 Å². The summed E-state index contributed by atoms with van der Waals surface area (Å²) >= 11 is 6.10. The highest BCUT2D eigenvalue weighted by molar-refractivity contribution is 6.32. The maximum atomic E-state index is 6.10. The second-order valence-electron chi connectivity index (χ2n) is 4.97.